The van der Waals surface area contributed by atoms with Crippen LogP contribution in [0.2, 0.25) is 0 Å². The number of carbonyl (C=O) groups is 2. The smallest absolute Gasteiger partial charge is 0.322 e. The summed E-state index contributed by atoms with van der Waals surface area (Å²) in [4.78, 5) is 22.4. The van der Waals surface area contributed by atoms with Crippen molar-refractivity contribution in [1.82, 2.24) is 5.32 Å². The van der Waals surface area contributed by atoms with E-state index < -0.39 is 28.4 Å². The summed E-state index contributed by atoms with van der Waals surface area (Å²) in [6.07, 6.45) is 0. The lowest BCUT2D eigenvalue weighted by atomic mass is 10.2. The van der Waals surface area contributed by atoms with Crippen molar-refractivity contribution in [2.75, 3.05) is 11.3 Å². The summed E-state index contributed by atoms with van der Waals surface area (Å²) in [6, 6.07) is 10.8. The highest BCUT2D eigenvalue weighted by atomic mass is 32.2. The topological polar surface area (TPSA) is 113 Å². The SMILES string of the molecule is Cc1ccc(S(=O)(=O)Nc2ccc(C(=O)NCC(=O)O)cc2)c(C)c1. The van der Waals surface area contributed by atoms with E-state index in [1.807, 2.05) is 6.92 Å². The van der Waals surface area contributed by atoms with Crippen LogP contribution in [0, 0.1) is 13.8 Å². The van der Waals surface area contributed by atoms with Gasteiger partial charge < -0.3 is 10.4 Å². The van der Waals surface area contributed by atoms with Gasteiger partial charge >= 0.3 is 5.97 Å². The summed E-state index contributed by atoms with van der Waals surface area (Å²) in [5.74, 6) is -1.70. The molecule has 0 aliphatic rings. The fourth-order valence-corrected chi connectivity index (χ4v) is 3.54. The van der Waals surface area contributed by atoms with Gasteiger partial charge in [0.05, 0.1) is 4.90 Å². The summed E-state index contributed by atoms with van der Waals surface area (Å²) in [5.41, 5.74) is 2.14. The van der Waals surface area contributed by atoms with E-state index in [4.69, 9.17) is 5.11 Å². The number of nitrogens with one attached hydrogen (secondary N) is 2. The minimum atomic E-state index is -3.74. The number of amides is 1. The first-order valence-corrected chi connectivity index (χ1v) is 8.87. The number of rotatable bonds is 6. The van der Waals surface area contributed by atoms with Crippen molar-refractivity contribution in [2.45, 2.75) is 18.7 Å². The van der Waals surface area contributed by atoms with Crippen molar-refractivity contribution in [3.05, 3.63) is 59.2 Å². The number of hydrogen-bond donors (Lipinski definition) is 3. The van der Waals surface area contributed by atoms with Crippen molar-refractivity contribution in [3.8, 4) is 0 Å². The number of carboxylic acids is 1. The molecule has 0 radical (unpaired) electrons. The predicted molar refractivity (Wildman–Crippen MR) is 93.1 cm³/mol. The van der Waals surface area contributed by atoms with Crippen LogP contribution in [-0.2, 0) is 14.8 Å². The standard InChI is InChI=1S/C17H18N2O5S/c1-11-3-8-15(12(2)9-11)25(23,24)19-14-6-4-13(5-7-14)17(22)18-10-16(20)21/h3-9,19H,10H2,1-2H3,(H,18,22)(H,20,21). The highest BCUT2D eigenvalue weighted by molar-refractivity contribution is 7.92. The Morgan fingerprint density at radius 3 is 2.24 bits per heavy atom. The number of carbonyl (C=O) groups excluding carboxylic acids is 1. The molecular formula is C17H18N2O5S. The summed E-state index contributed by atoms with van der Waals surface area (Å²) in [6.45, 7) is 3.11. The molecule has 1 amide bonds. The maximum atomic E-state index is 12.5. The molecule has 0 fully saturated rings. The van der Waals surface area contributed by atoms with Gasteiger partial charge in [-0.25, -0.2) is 8.42 Å². The molecule has 132 valence electrons. The van der Waals surface area contributed by atoms with Gasteiger partial charge in [0.2, 0.25) is 0 Å². The van der Waals surface area contributed by atoms with E-state index in [0.717, 1.165) is 5.56 Å². The second-order valence-corrected chi connectivity index (χ2v) is 7.18. The minimum absolute atomic E-state index is 0.182. The monoisotopic (exact) mass is 362 g/mol. The van der Waals surface area contributed by atoms with Crippen LogP contribution >= 0.6 is 0 Å². The Labute approximate surface area is 145 Å². The molecule has 0 heterocycles. The van der Waals surface area contributed by atoms with Gasteiger partial charge in [-0.15, -0.1) is 0 Å². The van der Waals surface area contributed by atoms with E-state index >= 15 is 0 Å². The Bertz CT molecular complexity index is 905. The van der Waals surface area contributed by atoms with Crippen LogP contribution in [0.1, 0.15) is 21.5 Å². The van der Waals surface area contributed by atoms with Crippen LogP contribution in [-0.4, -0.2) is 31.9 Å². The maximum Gasteiger partial charge on any atom is 0.322 e. The third-order valence-corrected chi connectivity index (χ3v) is 4.96. The molecule has 2 aromatic carbocycles. The zero-order valence-corrected chi connectivity index (χ0v) is 14.6. The van der Waals surface area contributed by atoms with Gasteiger partial charge in [-0.1, -0.05) is 17.7 Å². The molecule has 8 heteroatoms. The zero-order chi connectivity index (χ0) is 18.6. The molecule has 3 N–H and O–H groups in total. The number of hydrogen-bond acceptors (Lipinski definition) is 4. The fraction of sp³-hybridized carbons (Fsp3) is 0.176. The van der Waals surface area contributed by atoms with Gasteiger partial charge in [-0.2, -0.15) is 0 Å². The number of aryl methyl sites for hydroxylation is 2. The van der Waals surface area contributed by atoms with E-state index in [1.54, 1.807) is 25.1 Å². The summed E-state index contributed by atoms with van der Waals surface area (Å²) in [7, 11) is -3.74. The Hall–Kier alpha value is -2.87. The number of sulfonamides is 1. The molecule has 0 aliphatic heterocycles. The molecule has 2 rings (SSSR count). The first-order valence-electron chi connectivity index (χ1n) is 7.39. The second kappa shape index (κ2) is 7.35. The molecular weight excluding hydrogens is 344 g/mol. The molecule has 7 nitrogen and oxygen atoms in total. The summed E-state index contributed by atoms with van der Waals surface area (Å²) in [5, 5.41) is 10.8. The highest BCUT2D eigenvalue weighted by Gasteiger charge is 2.17. The van der Waals surface area contributed by atoms with Crippen molar-refractivity contribution in [2.24, 2.45) is 0 Å². The van der Waals surface area contributed by atoms with Gasteiger partial charge in [-0.3, -0.25) is 14.3 Å². The van der Waals surface area contributed by atoms with Crippen LogP contribution in [0.4, 0.5) is 5.69 Å². The minimum Gasteiger partial charge on any atom is -0.480 e. The Balaban J connectivity index is 2.15. The van der Waals surface area contributed by atoms with Crippen molar-refractivity contribution in [3.63, 3.8) is 0 Å². The van der Waals surface area contributed by atoms with E-state index in [0.29, 0.717) is 11.3 Å². The summed E-state index contributed by atoms with van der Waals surface area (Å²) >= 11 is 0. The van der Waals surface area contributed by atoms with Gasteiger partial charge in [0.25, 0.3) is 15.9 Å². The average Bonchev–Trinajstić information content (AvgIpc) is 2.52. The molecule has 2 aromatic rings. The molecule has 25 heavy (non-hydrogen) atoms. The quantitative estimate of drug-likeness (QED) is 0.727. The Morgan fingerprint density at radius 1 is 1.04 bits per heavy atom. The molecule has 0 bridgehead atoms. The van der Waals surface area contributed by atoms with E-state index in [1.165, 1.54) is 24.3 Å². The van der Waals surface area contributed by atoms with E-state index in [9.17, 15) is 18.0 Å². The maximum absolute atomic E-state index is 12.5. The average molecular weight is 362 g/mol. The van der Waals surface area contributed by atoms with Crippen LogP contribution in [0.25, 0.3) is 0 Å². The molecule has 0 aromatic heterocycles. The lowest BCUT2D eigenvalue weighted by molar-refractivity contribution is -0.135. The Kier molecular flexibility index (Phi) is 5.43. The lowest BCUT2D eigenvalue weighted by Crippen LogP contribution is -2.29. The van der Waals surface area contributed by atoms with Gasteiger partial charge in [-0.05, 0) is 49.7 Å². The van der Waals surface area contributed by atoms with Gasteiger partial charge in [0.15, 0.2) is 0 Å². The fourth-order valence-electron chi connectivity index (χ4n) is 2.26. The molecule has 0 atom stereocenters. The first-order chi connectivity index (χ1) is 11.7. The first kappa shape index (κ1) is 18.5. The summed E-state index contributed by atoms with van der Waals surface area (Å²) < 4.78 is 27.4. The van der Waals surface area contributed by atoms with Crippen LogP contribution in [0.15, 0.2) is 47.4 Å². The van der Waals surface area contributed by atoms with Gasteiger partial charge in [0.1, 0.15) is 6.54 Å². The third-order valence-electron chi connectivity index (χ3n) is 3.42. The van der Waals surface area contributed by atoms with Crippen molar-refractivity contribution < 1.29 is 23.1 Å². The lowest BCUT2D eigenvalue weighted by Gasteiger charge is -2.11. The number of carboxylic acid groups (broad SMARTS) is 1. The van der Waals surface area contributed by atoms with Crippen LogP contribution in [0.5, 0.6) is 0 Å². The predicted octanol–water partition coefficient (Wildman–Crippen LogP) is 1.92. The number of aliphatic carboxylic acids is 1. The molecule has 0 saturated carbocycles. The second-order valence-electron chi connectivity index (χ2n) is 5.53. The number of benzene rings is 2. The van der Waals surface area contributed by atoms with Crippen molar-refractivity contribution >= 4 is 27.6 Å². The third kappa shape index (κ3) is 4.80. The highest BCUT2D eigenvalue weighted by Crippen LogP contribution is 2.20. The van der Waals surface area contributed by atoms with Crippen LogP contribution in [0.3, 0.4) is 0 Å². The number of anilines is 1. The molecule has 0 spiro atoms. The van der Waals surface area contributed by atoms with Gasteiger partial charge in [0, 0.05) is 11.3 Å². The normalized spacial score (nSPS) is 11.0. The molecule has 0 saturated heterocycles. The largest absolute Gasteiger partial charge is 0.480 e. The zero-order valence-electron chi connectivity index (χ0n) is 13.7. The van der Waals surface area contributed by atoms with E-state index in [2.05, 4.69) is 10.0 Å². The Morgan fingerprint density at radius 2 is 1.68 bits per heavy atom. The van der Waals surface area contributed by atoms with Crippen LogP contribution < -0.4 is 10.0 Å². The van der Waals surface area contributed by atoms with E-state index in [-0.39, 0.29) is 10.5 Å². The molecule has 0 unspecified atom stereocenters. The van der Waals surface area contributed by atoms with Crippen molar-refractivity contribution in [1.29, 1.82) is 0 Å². The molecule has 0 aliphatic carbocycles.